The first-order valence-electron chi connectivity index (χ1n) is 9.79. The number of oxime groups is 1. The van der Waals surface area contributed by atoms with Gasteiger partial charge in [-0.3, -0.25) is 14.5 Å². The number of furan rings is 1. The fourth-order valence-corrected chi connectivity index (χ4v) is 7.17. The number of carbonyl (C=O) groups excluding carboxylic acids is 3. The number of fused-ring (bicyclic) bond motifs is 1. The molecule has 4 rings (SSSR count). The zero-order valence-electron chi connectivity index (χ0n) is 20.0. The quantitative estimate of drug-likeness (QED) is 0.0641. The molecule has 2 aromatic heterocycles. The van der Waals surface area contributed by atoms with Crippen molar-refractivity contribution < 1.29 is 101 Å². The van der Waals surface area contributed by atoms with Gasteiger partial charge in [-0.25, -0.2) is 13.5 Å². The van der Waals surface area contributed by atoms with Gasteiger partial charge in [-0.2, -0.15) is 0 Å². The molecule has 1 fully saturated rings. The van der Waals surface area contributed by atoms with E-state index in [0.717, 1.165) is 16.7 Å². The SMILES string of the molecule is CON=C(C(=O)N[C@@H]1C(=O)N2C(C(=O)[O-])=C(C(CS(=O)(=O)[O-])Sc3nnn[nH]3)CS[C@@H]12)c1ccco1.[Na+].[Na+]. The molecule has 2 aliphatic heterocycles. The molecule has 0 saturated carbocycles. The molecule has 0 aromatic carbocycles. The third-order valence-electron chi connectivity index (χ3n) is 4.95. The van der Waals surface area contributed by atoms with Crippen molar-refractivity contribution in [3.63, 3.8) is 0 Å². The minimum Gasteiger partial charge on any atom is -0.748 e. The number of nitrogens with one attached hydrogen (secondary N) is 2. The molecule has 3 atom stereocenters. The van der Waals surface area contributed by atoms with E-state index in [1.54, 1.807) is 0 Å². The Labute approximate surface area is 267 Å². The number of carboxylic acid groups (broad SMARTS) is 1. The summed E-state index contributed by atoms with van der Waals surface area (Å²) in [5.74, 6) is -4.35. The number of carboxylic acids is 1. The second-order valence-corrected chi connectivity index (χ2v) is 10.9. The third kappa shape index (κ3) is 7.20. The van der Waals surface area contributed by atoms with Gasteiger partial charge in [0.2, 0.25) is 10.9 Å². The summed E-state index contributed by atoms with van der Waals surface area (Å²) in [4.78, 5) is 43.3. The molecule has 0 spiro atoms. The van der Waals surface area contributed by atoms with Gasteiger partial charge in [-0.1, -0.05) is 16.9 Å². The van der Waals surface area contributed by atoms with Crippen LogP contribution in [0.1, 0.15) is 5.76 Å². The van der Waals surface area contributed by atoms with E-state index in [1.165, 1.54) is 25.5 Å². The van der Waals surface area contributed by atoms with Crippen LogP contribution in [0.4, 0.5) is 0 Å². The smallest absolute Gasteiger partial charge is 0.748 e. The zero-order valence-corrected chi connectivity index (χ0v) is 26.5. The maximum Gasteiger partial charge on any atom is 1.00 e. The summed E-state index contributed by atoms with van der Waals surface area (Å²) in [6.07, 6.45) is 1.31. The van der Waals surface area contributed by atoms with E-state index in [4.69, 9.17) is 4.42 Å². The monoisotopic (exact) mass is 603 g/mol. The number of rotatable bonds is 10. The first-order chi connectivity index (χ1) is 17.1. The molecule has 21 heteroatoms. The first kappa shape index (κ1) is 32.8. The Morgan fingerprint density at radius 1 is 1.45 bits per heavy atom. The molecule has 192 valence electrons. The van der Waals surface area contributed by atoms with Gasteiger partial charge in [0.1, 0.15) is 18.5 Å². The number of hydrogen-bond acceptors (Lipinski definition) is 15. The van der Waals surface area contributed by atoms with Crippen LogP contribution in [0.3, 0.4) is 0 Å². The number of β-lactam (4-membered cyclic amide) rings is 1. The molecule has 0 radical (unpaired) electrons. The molecule has 2 aromatic rings. The van der Waals surface area contributed by atoms with Crippen molar-refractivity contribution in [1.29, 1.82) is 0 Å². The van der Waals surface area contributed by atoms with Crippen LogP contribution in [0.15, 0.2) is 44.4 Å². The molecule has 2 N–H and O–H groups in total. The average Bonchev–Trinajstić information content (AvgIpc) is 3.53. The van der Waals surface area contributed by atoms with E-state index < -0.39 is 56.0 Å². The number of carbonyl (C=O) groups is 3. The molecule has 1 unspecified atom stereocenters. The summed E-state index contributed by atoms with van der Waals surface area (Å²) in [6.45, 7) is 0. The number of aromatic nitrogens is 4. The van der Waals surface area contributed by atoms with Crippen LogP contribution in [0.2, 0.25) is 0 Å². The van der Waals surface area contributed by atoms with Gasteiger partial charge in [-0.05, 0) is 28.1 Å². The number of hydrogen-bond donors (Lipinski definition) is 2. The van der Waals surface area contributed by atoms with Crippen molar-refractivity contribution in [2.75, 3.05) is 18.6 Å². The second kappa shape index (κ2) is 13.8. The molecule has 1 saturated heterocycles. The standard InChI is InChI=1S/C17H17N7O9S3.2Na/c1-32-21-10(8-3-2-4-33-8)13(25)18-11-14(26)24-12(16(27)28)7(5-34-15(11)24)9(6-36(29,30)31)35-17-19-22-23-20-17;;/h2-4,9,11,15H,5-6H2,1H3,(H,18,25)(H,27,28)(H,29,30,31)(H,19,20,22,23);;/q;2*+1/p-2/t9?,11-,15+;;/m1../s1. The number of amides is 2. The van der Waals surface area contributed by atoms with Gasteiger partial charge in [0.25, 0.3) is 11.8 Å². The number of aromatic amines is 1. The Hall–Kier alpha value is -1.42. The van der Waals surface area contributed by atoms with E-state index in [9.17, 15) is 32.5 Å². The summed E-state index contributed by atoms with van der Waals surface area (Å²) in [5.41, 5.74) is -0.865. The summed E-state index contributed by atoms with van der Waals surface area (Å²) in [7, 11) is -3.60. The molecular formula is C17H15N7Na2O9S3. The van der Waals surface area contributed by atoms with Crippen molar-refractivity contribution in [2.45, 2.75) is 21.8 Å². The normalized spacial score (nSPS) is 19.9. The summed E-state index contributed by atoms with van der Waals surface area (Å²) >= 11 is 1.78. The van der Waals surface area contributed by atoms with Crippen molar-refractivity contribution in [2.24, 2.45) is 5.16 Å². The van der Waals surface area contributed by atoms with Gasteiger partial charge in [0.15, 0.2) is 5.76 Å². The Kier molecular flexibility index (Phi) is 11.9. The van der Waals surface area contributed by atoms with Crippen molar-refractivity contribution in [1.82, 2.24) is 30.8 Å². The summed E-state index contributed by atoms with van der Waals surface area (Å²) in [5, 5.41) is 28.8. The Bertz CT molecular complexity index is 1340. The molecular weight excluding hydrogens is 588 g/mol. The van der Waals surface area contributed by atoms with E-state index in [1.807, 2.05) is 0 Å². The predicted molar refractivity (Wildman–Crippen MR) is 118 cm³/mol. The van der Waals surface area contributed by atoms with E-state index in [-0.39, 0.29) is 87.1 Å². The predicted octanol–water partition coefficient (Wildman–Crippen LogP) is -8.74. The number of aliphatic carboxylic acids is 1. The maximum absolute atomic E-state index is 12.9. The van der Waals surface area contributed by atoms with Crippen LogP contribution in [0.5, 0.6) is 0 Å². The zero-order chi connectivity index (χ0) is 26.0. The summed E-state index contributed by atoms with van der Waals surface area (Å²) in [6, 6.07) is 1.84. The van der Waals surface area contributed by atoms with E-state index >= 15 is 0 Å². The van der Waals surface area contributed by atoms with Gasteiger partial charge in [0.05, 0.1) is 33.8 Å². The Morgan fingerprint density at radius 3 is 2.74 bits per heavy atom. The molecule has 0 bridgehead atoms. The topological polar surface area (TPSA) is 236 Å². The van der Waals surface area contributed by atoms with Gasteiger partial charge >= 0.3 is 59.1 Å². The second-order valence-electron chi connectivity index (χ2n) is 7.16. The molecule has 0 aliphatic carbocycles. The van der Waals surface area contributed by atoms with E-state index in [2.05, 4.69) is 35.9 Å². The summed E-state index contributed by atoms with van der Waals surface area (Å²) < 4.78 is 39.7. The molecule has 16 nitrogen and oxygen atoms in total. The Morgan fingerprint density at radius 2 is 2.18 bits per heavy atom. The largest absolute Gasteiger partial charge is 1.00 e. The minimum absolute atomic E-state index is 0. The Balaban J connectivity index is 0.00000253. The number of tetrazole rings is 1. The number of nitrogens with zero attached hydrogens (tertiary/aromatic N) is 5. The van der Waals surface area contributed by atoms with Gasteiger partial charge in [-0.15, -0.1) is 16.9 Å². The molecule has 2 amide bonds. The van der Waals surface area contributed by atoms with Crippen LogP contribution in [-0.2, 0) is 29.3 Å². The van der Waals surface area contributed by atoms with Crippen LogP contribution in [0.25, 0.3) is 0 Å². The fraction of sp³-hybridized carbons (Fsp3) is 0.353. The third-order valence-corrected chi connectivity index (χ3v) is 8.34. The minimum atomic E-state index is -4.82. The van der Waals surface area contributed by atoms with Crippen LogP contribution in [0, 0.1) is 0 Å². The molecule has 38 heavy (non-hydrogen) atoms. The number of H-pyrrole nitrogens is 1. The average molecular weight is 604 g/mol. The van der Waals surface area contributed by atoms with Crippen molar-refractivity contribution in [3.8, 4) is 0 Å². The van der Waals surface area contributed by atoms with Crippen molar-refractivity contribution >= 4 is 57.1 Å². The van der Waals surface area contributed by atoms with Gasteiger partial charge < -0.3 is 29.0 Å². The molecule has 2 aliphatic rings. The maximum atomic E-state index is 12.9. The molecule has 4 heterocycles. The van der Waals surface area contributed by atoms with Gasteiger partial charge in [0, 0.05) is 11.0 Å². The first-order valence-corrected chi connectivity index (χ1v) is 13.3. The number of thioether (sulfide) groups is 2. The van der Waals surface area contributed by atoms with Crippen molar-refractivity contribution in [3.05, 3.63) is 35.4 Å². The van der Waals surface area contributed by atoms with E-state index in [0.29, 0.717) is 11.8 Å². The fourth-order valence-electron chi connectivity index (χ4n) is 3.52. The van der Waals surface area contributed by atoms with Crippen LogP contribution < -0.4 is 69.5 Å². The van der Waals surface area contributed by atoms with Crippen LogP contribution >= 0.6 is 23.5 Å². The van der Waals surface area contributed by atoms with Crippen LogP contribution in [-0.4, -0.2) is 97.3 Å².